The van der Waals surface area contributed by atoms with E-state index in [-0.39, 0.29) is 24.0 Å². The number of hydrogen-bond acceptors (Lipinski definition) is 5. The SMILES string of the molecule is C[C@H]1CNCCN1CC(=O)N1CCc2ccc([N+](=O)[O-])cc21.Cl. The third kappa shape index (κ3) is 3.63. The molecule has 0 aromatic heterocycles. The number of fused-ring (bicyclic) bond motifs is 1. The first-order valence-corrected chi connectivity index (χ1v) is 7.58. The standard InChI is InChI=1S/C15H20N4O3.ClH/c1-11-9-16-5-7-17(11)10-15(20)18-6-4-12-2-3-13(19(21)22)8-14(12)18;/h2-3,8,11,16H,4-7,9-10H2,1H3;1H/t11-;/m0./s1. The number of carbonyl (C=O) groups is 1. The summed E-state index contributed by atoms with van der Waals surface area (Å²) in [5, 5.41) is 14.2. The largest absolute Gasteiger partial charge is 0.314 e. The fraction of sp³-hybridized carbons (Fsp3) is 0.533. The Morgan fingerprint density at radius 3 is 2.91 bits per heavy atom. The van der Waals surface area contributed by atoms with Crippen LogP contribution in [0.5, 0.6) is 0 Å². The van der Waals surface area contributed by atoms with E-state index in [1.54, 1.807) is 11.0 Å². The molecule has 126 valence electrons. The van der Waals surface area contributed by atoms with Gasteiger partial charge >= 0.3 is 0 Å². The summed E-state index contributed by atoms with van der Waals surface area (Å²) in [6.45, 7) is 5.69. The van der Waals surface area contributed by atoms with E-state index in [1.165, 1.54) is 12.1 Å². The first-order chi connectivity index (χ1) is 10.6. The first-order valence-electron chi connectivity index (χ1n) is 7.58. The Hall–Kier alpha value is -1.70. The summed E-state index contributed by atoms with van der Waals surface area (Å²) in [5.41, 5.74) is 1.74. The first kappa shape index (κ1) is 17.7. The van der Waals surface area contributed by atoms with E-state index in [1.807, 2.05) is 0 Å². The second kappa shape index (κ2) is 7.25. The number of halogens is 1. The molecule has 1 aromatic rings. The van der Waals surface area contributed by atoms with E-state index in [2.05, 4.69) is 17.1 Å². The van der Waals surface area contributed by atoms with Gasteiger partial charge < -0.3 is 10.2 Å². The van der Waals surface area contributed by atoms with E-state index >= 15 is 0 Å². The number of nitro groups is 1. The number of nitro benzene ring substituents is 1. The van der Waals surface area contributed by atoms with Crippen molar-refractivity contribution in [2.75, 3.05) is 37.6 Å². The Bertz CT molecular complexity index is 610. The molecule has 23 heavy (non-hydrogen) atoms. The zero-order chi connectivity index (χ0) is 15.7. The zero-order valence-corrected chi connectivity index (χ0v) is 13.8. The maximum Gasteiger partial charge on any atom is 0.271 e. The van der Waals surface area contributed by atoms with Crippen LogP contribution in [0.4, 0.5) is 11.4 Å². The lowest BCUT2D eigenvalue weighted by atomic mass is 10.1. The summed E-state index contributed by atoms with van der Waals surface area (Å²) < 4.78 is 0. The summed E-state index contributed by atoms with van der Waals surface area (Å²) >= 11 is 0. The summed E-state index contributed by atoms with van der Waals surface area (Å²) in [6.07, 6.45) is 0.760. The van der Waals surface area contributed by atoms with Crippen LogP contribution in [-0.2, 0) is 11.2 Å². The highest BCUT2D eigenvalue weighted by molar-refractivity contribution is 5.97. The summed E-state index contributed by atoms with van der Waals surface area (Å²) in [5.74, 6) is 0.0213. The average Bonchev–Trinajstić information content (AvgIpc) is 2.92. The lowest BCUT2D eigenvalue weighted by Gasteiger charge is -2.34. The molecule has 1 atom stereocenters. The van der Waals surface area contributed by atoms with Crippen molar-refractivity contribution in [1.82, 2.24) is 10.2 Å². The van der Waals surface area contributed by atoms with E-state index in [9.17, 15) is 14.9 Å². The van der Waals surface area contributed by atoms with Crippen LogP contribution >= 0.6 is 12.4 Å². The van der Waals surface area contributed by atoms with E-state index in [0.717, 1.165) is 31.6 Å². The van der Waals surface area contributed by atoms with Crippen molar-refractivity contribution in [3.63, 3.8) is 0 Å². The number of benzene rings is 1. The Morgan fingerprint density at radius 1 is 1.43 bits per heavy atom. The van der Waals surface area contributed by atoms with Gasteiger partial charge in [0.05, 0.1) is 17.2 Å². The monoisotopic (exact) mass is 340 g/mol. The Morgan fingerprint density at radius 2 is 2.22 bits per heavy atom. The molecule has 0 bridgehead atoms. The lowest BCUT2D eigenvalue weighted by molar-refractivity contribution is -0.384. The molecule has 2 aliphatic heterocycles. The topological polar surface area (TPSA) is 78.7 Å². The van der Waals surface area contributed by atoms with Gasteiger partial charge in [-0.3, -0.25) is 19.8 Å². The van der Waals surface area contributed by atoms with Crippen LogP contribution in [0.1, 0.15) is 12.5 Å². The molecular formula is C15H21ClN4O3. The third-order valence-corrected chi connectivity index (χ3v) is 4.45. The highest BCUT2D eigenvalue weighted by Gasteiger charge is 2.29. The van der Waals surface area contributed by atoms with Gasteiger partial charge in [-0.15, -0.1) is 12.4 Å². The molecule has 3 rings (SSSR count). The molecule has 0 unspecified atom stereocenters. The molecule has 1 saturated heterocycles. The molecule has 0 radical (unpaired) electrons. The van der Waals surface area contributed by atoms with Gasteiger partial charge in [0, 0.05) is 44.4 Å². The van der Waals surface area contributed by atoms with E-state index in [0.29, 0.717) is 24.8 Å². The minimum atomic E-state index is -0.417. The maximum absolute atomic E-state index is 12.6. The van der Waals surface area contributed by atoms with Gasteiger partial charge in [0.25, 0.3) is 5.69 Å². The second-order valence-corrected chi connectivity index (χ2v) is 5.89. The molecule has 1 fully saturated rings. The van der Waals surface area contributed by atoms with Crippen LogP contribution in [0.3, 0.4) is 0 Å². The number of non-ortho nitro benzene ring substituents is 1. The highest BCUT2D eigenvalue weighted by atomic mass is 35.5. The average molecular weight is 341 g/mol. The highest BCUT2D eigenvalue weighted by Crippen LogP contribution is 2.31. The molecule has 7 nitrogen and oxygen atoms in total. The van der Waals surface area contributed by atoms with Gasteiger partial charge in [-0.05, 0) is 18.9 Å². The van der Waals surface area contributed by atoms with Gasteiger partial charge in [-0.25, -0.2) is 0 Å². The predicted molar refractivity (Wildman–Crippen MR) is 90.3 cm³/mol. The second-order valence-electron chi connectivity index (χ2n) is 5.89. The summed E-state index contributed by atoms with van der Waals surface area (Å²) in [4.78, 5) is 27.0. The van der Waals surface area contributed by atoms with Crippen molar-refractivity contribution in [3.05, 3.63) is 33.9 Å². The Balaban J connectivity index is 0.00000192. The van der Waals surface area contributed by atoms with Crippen LogP contribution in [0.15, 0.2) is 18.2 Å². The van der Waals surface area contributed by atoms with Crippen molar-refractivity contribution in [3.8, 4) is 0 Å². The van der Waals surface area contributed by atoms with Gasteiger partial charge in [-0.1, -0.05) is 6.07 Å². The Kier molecular flexibility index (Phi) is 5.56. The molecule has 0 saturated carbocycles. The molecule has 1 N–H and O–H groups in total. The molecule has 0 aliphatic carbocycles. The molecule has 0 spiro atoms. The molecule has 1 amide bonds. The zero-order valence-electron chi connectivity index (χ0n) is 13.0. The van der Waals surface area contributed by atoms with Gasteiger partial charge in [0.1, 0.15) is 0 Å². The molecular weight excluding hydrogens is 320 g/mol. The fourth-order valence-corrected chi connectivity index (χ4v) is 3.12. The van der Waals surface area contributed by atoms with Crippen molar-refractivity contribution in [1.29, 1.82) is 0 Å². The van der Waals surface area contributed by atoms with Crippen LogP contribution < -0.4 is 10.2 Å². The van der Waals surface area contributed by atoms with Gasteiger partial charge in [0.2, 0.25) is 5.91 Å². The van der Waals surface area contributed by atoms with Crippen LogP contribution in [0.25, 0.3) is 0 Å². The summed E-state index contributed by atoms with van der Waals surface area (Å²) in [6, 6.07) is 5.10. The van der Waals surface area contributed by atoms with Crippen molar-refractivity contribution in [2.45, 2.75) is 19.4 Å². The number of carbonyl (C=O) groups excluding carboxylic acids is 1. The van der Waals surface area contributed by atoms with Crippen LogP contribution in [0, 0.1) is 10.1 Å². The van der Waals surface area contributed by atoms with E-state index < -0.39 is 4.92 Å². The molecule has 1 aromatic carbocycles. The molecule has 8 heteroatoms. The van der Waals surface area contributed by atoms with Crippen LogP contribution in [-0.4, -0.2) is 54.5 Å². The number of piperazine rings is 1. The predicted octanol–water partition coefficient (Wildman–Crippen LogP) is 1.20. The molecule has 2 aliphatic rings. The minimum absolute atomic E-state index is 0. The number of nitrogens with one attached hydrogen (secondary N) is 1. The van der Waals surface area contributed by atoms with Gasteiger partial charge in [-0.2, -0.15) is 0 Å². The van der Waals surface area contributed by atoms with E-state index in [4.69, 9.17) is 0 Å². The van der Waals surface area contributed by atoms with Crippen molar-refractivity contribution < 1.29 is 9.72 Å². The Labute approximate surface area is 141 Å². The molecule has 2 heterocycles. The third-order valence-electron chi connectivity index (χ3n) is 4.45. The van der Waals surface area contributed by atoms with Crippen molar-refractivity contribution >= 4 is 29.7 Å². The number of amides is 1. The smallest absolute Gasteiger partial charge is 0.271 e. The number of hydrogen-bond donors (Lipinski definition) is 1. The number of rotatable bonds is 3. The fourth-order valence-electron chi connectivity index (χ4n) is 3.12. The lowest BCUT2D eigenvalue weighted by Crippen LogP contribution is -2.53. The number of anilines is 1. The normalized spacial score (nSPS) is 20.7. The quantitative estimate of drug-likeness (QED) is 0.660. The minimum Gasteiger partial charge on any atom is -0.314 e. The summed E-state index contributed by atoms with van der Waals surface area (Å²) in [7, 11) is 0. The van der Waals surface area contributed by atoms with Gasteiger partial charge in [0.15, 0.2) is 0 Å². The number of nitrogens with zero attached hydrogens (tertiary/aromatic N) is 3. The maximum atomic E-state index is 12.6. The van der Waals surface area contributed by atoms with Crippen molar-refractivity contribution in [2.24, 2.45) is 0 Å². The van der Waals surface area contributed by atoms with Crippen LogP contribution in [0.2, 0.25) is 0 Å².